The maximum Gasteiger partial charge on any atom is 0.334 e. The fraction of sp³-hybridized carbons (Fsp3) is 1.00. The molecule has 0 aliphatic carbocycles. The Labute approximate surface area is 87.0 Å². The van der Waals surface area contributed by atoms with Gasteiger partial charge in [-0.1, -0.05) is 0 Å². The van der Waals surface area contributed by atoms with Crippen molar-refractivity contribution in [2.45, 2.75) is 13.3 Å². The number of hydrogen-bond acceptors (Lipinski definition) is 3. The monoisotopic (exact) mass is 252 g/mol. The lowest BCUT2D eigenvalue weighted by atomic mass is 10.8. The smallest absolute Gasteiger partial charge is 0.309 e. The lowest BCUT2D eigenvalue weighted by Gasteiger charge is -2.17. The lowest BCUT2D eigenvalue weighted by molar-refractivity contribution is 0.0665. The maximum atomic E-state index is 12.6. The fourth-order valence-corrected chi connectivity index (χ4v) is 2.74. The Hall–Kier alpha value is 0.660. The molecule has 0 aromatic carbocycles. The summed E-state index contributed by atoms with van der Waals surface area (Å²) in [5.41, 5.74) is 0. The van der Waals surface area contributed by atoms with Gasteiger partial charge in [0.2, 0.25) is 6.36 Å². The van der Waals surface area contributed by atoms with Crippen LogP contribution in [0.25, 0.3) is 0 Å². The fourth-order valence-electron chi connectivity index (χ4n) is 0.650. The van der Waals surface area contributed by atoms with Crippen molar-refractivity contribution in [3.8, 4) is 0 Å². The molecule has 3 nitrogen and oxygen atoms in total. The van der Waals surface area contributed by atoms with Gasteiger partial charge in [-0.2, -0.15) is 0 Å². The minimum Gasteiger partial charge on any atom is -0.309 e. The Morgan fingerprint density at radius 2 is 2.15 bits per heavy atom. The molecule has 0 fully saturated rings. The van der Waals surface area contributed by atoms with E-state index in [4.69, 9.17) is 27.7 Å². The molecule has 0 radical (unpaired) electrons. The highest BCUT2D eigenvalue weighted by Gasteiger charge is 2.27. The van der Waals surface area contributed by atoms with Crippen LogP contribution in [-0.4, -0.2) is 30.9 Å². The minimum atomic E-state index is -3.38. The van der Waals surface area contributed by atoms with Crippen molar-refractivity contribution in [1.82, 2.24) is 0 Å². The van der Waals surface area contributed by atoms with Crippen molar-refractivity contribution < 1.29 is 18.0 Å². The van der Waals surface area contributed by atoms with Gasteiger partial charge in [0.25, 0.3) is 0 Å². The molecule has 0 saturated heterocycles. The molecule has 0 aliphatic heterocycles. The molecular weight excluding hydrogens is 241 g/mol. The standard InChI is InChI=1S/C6H12Cl2FO3P/c1-2-11-13(10,4-3-7)12-6(9)5-8/h6H,2-5H2,1H3. The summed E-state index contributed by atoms with van der Waals surface area (Å²) in [6.45, 7) is 1.82. The van der Waals surface area contributed by atoms with Crippen LogP contribution in [0.3, 0.4) is 0 Å². The van der Waals surface area contributed by atoms with E-state index in [1.165, 1.54) is 0 Å². The van der Waals surface area contributed by atoms with Crippen LogP contribution in [0.5, 0.6) is 0 Å². The Bertz CT molecular complexity index is 171. The molecule has 0 amide bonds. The van der Waals surface area contributed by atoms with Crippen molar-refractivity contribution in [1.29, 1.82) is 0 Å². The highest BCUT2D eigenvalue weighted by atomic mass is 35.5. The Morgan fingerprint density at radius 3 is 2.54 bits per heavy atom. The topological polar surface area (TPSA) is 35.5 Å². The average Bonchev–Trinajstić information content (AvgIpc) is 2.04. The first-order valence-corrected chi connectivity index (χ1v) is 6.55. The van der Waals surface area contributed by atoms with E-state index in [1.807, 2.05) is 0 Å². The first kappa shape index (κ1) is 13.7. The van der Waals surface area contributed by atoms with E-state index in [0.29, 0.717) is 0 Å². The predicted molar refractivity (Wildman–Crippen MR) is 51.5 cm³/mol. The van der Waals surface area contributed by atoms with E-state index in [-0.39, 0.29) is 24.5 Å². The maximum absolute atomic E-state index is 12.6. The van der Waals surface area contributed by atoms with Crippen molar-refractivity contribution >= 4 is 30.8 Å². The summed E-state index contributed by atoms with van der Waals surface area (Å²) >= 11 is 10.5. The molecule has 0 aromatic heterocycles. The molecule has 2 atom stereocenters. The van der Waals surface area contributed by atoms with Crippen LogP contribution in [0, 0.1) is 0 Å². The van der Waals surface area contributed by atoms with Crippen molar-refractivity contribution in [3.05, 3.63) is 0 Å². The number of hydrogen-bond donors (Lipinski definition) is 0. The third-order valence-corrected chi connectivity index (χ3v) is 3.75. The van der Waals surface area contributed by atoms with E-state index < -0.39 is 14.0 Å². The second kappa shape index (κ2) is 7.02. The molecule has 0 saturated carbocycles. The summed E-state index contributed by atoms with van der Waals surface area (Å²) in [5.74, 6) is -0.286. The zero-order valence-corrected chi connectivity index (χ0v) is 9.62. The van der Waals surface area contributed by atoms with Gasteiger partial charge in [0.15, 0.2) is 0 Å². The lowest BCUT2D eigenvalue weighted by Crippen LogP contribution is -2.10. The van der Waals surface area contributed by atoms with Crippen LogP contribution in [0.15, 0.2) is 0 Å². The average molecular weight is 253 g/mol. The molecule has 0 rings (SSSR count). The summed E-state index contributed by atoms with van der Waals surface area (Å²) < 4.78 is 33.5. The quantitative estimate of drug-likeness (QED) is 0.516. The highest BCUT2D eigenvalue weighted by molar-refractivity contribution is 7.54. The van der Waals surface area contributed by atoms with Gasteiger partial charge < -0.3 is 4.52 Å². The van der Waals surface area contributed by atoms with Gasteiger partial charge in [-0.3, -0.25) is 9.09 Å². The molecule has 7 heteroatoms. The number of halogens is 3. The molecule has 0 bridgehead atoms. The molecule has 0 N–H and O–H groups in total. The summed E-state index contributed by atoms with van der Waals surface area (Å²) in [6, 6.07) is 0. The second-order valence-electron chi connectivity index (χ2n) is 2.11. The van der Waals surface area contributed by atoms with Crippen LogP contribution in [0.4, 0.5) is 4.39 Å². The molecule has 2 unspecified atom stereocenters. The summed E-state index contributed by atoms with van der Waals surface area (Å²) in [4.78, 5) is 0. The normalized spacial score (nSPS) is 18.2. The van der Waals surface area contributed by atoms with Crippen LogP contribution in [-0.2, 0) is 13.6 Å². The predicted octanol–water partition coefficient (Wildman–Crippen LogP) is 3.01. The van der Waals surface area contributed by atoms with Crippen molar-refractivity contribution in [2.24, 2.45) is 0 Å². The Kier molecular flexibility index (Phi) is 7.37. The summed E-state index contributed by atoms with van der Waals surface area (Å²) in [7, 11) is -3.38. The minimum absolute atomic E-state index is 0.0142. The summed E-state index contributed by atoms with van der Waals surface area (Å²) in [6.07, 6.45) is -1.79. The Morgan fingerprint density at radius 1 is 1.54 bits per heavy atom. The first-order chi connectivity index (χ1) is 6.08. The first-order valence-electron chi connectivity index (χ1n) is 3.76. The second-order valence-corrected chi connectivity index (χ2v) is 4.94. The van der Waals surface area contributed by atoms with Gasteiger partial charge in [0.05, 0.1) is 18.6 Å². The third-order valence-electron chi connectivity index (χ3n) is 1.08. The molecule has 0 aromatic rings. The molecule has 80 valence electrons. The van der Waals surface area contributed by atoms with E-state index in [9.17, 15) is 8.96 Å². The van der Waals surface area contributed by atoms with Crippen LogP contribution < -0.4 is 0 Å². The van der Waals surface area contributed by atoms with E-state index in [0.717, 1.165) is 0 Å². The molecule has 0 spiro atoms. The van der Waals surface area contributed by atoms with Gasteiger partial charge in [-0.15, -0.1) is 23.2 Å². The van der Waals surface area contributed by atoms with Crippen LogP contribution in [0.2, 0.25) is 0 Å². The van der Waals surface area contributed by atoms with E-state index in [1.54, 1.807) is 6.92 Å². The molecule has 0 heterocycles. The highest BCUT2D eigenvalue weighted by Crippen LogP contribution is 2.49. The van der Waals surface area contributed by atoms with Gasteiger partial charge in [0, 0.05) is 5.88 Å². The van der Waals surface area contributed by atoms with E-state index >= 15 is 0 Å². The van der Waals surface area contributed by atoms with Crippen molar-refractivity contribution in [3.63, 3.8) is 0 Å². The van der Waals surface area contributed by atoms with Crippen LogP contribution in [0.1, 0.15) is 6.92 Å². The van der Waals surface area contributed by atoms with Gasteiger partial charge in [-0.05, 0) is 6.92 Å². The summed E-state index contributed by atoms with van der Waals surface area (Å²) in [5, 5.41) is 0. The van der Waals surface area contributed by atoms with E-state index in [2.05, 4.69) is 4.52 Å². The van der Waals surface area contributed by atoms with Crippen molar-refractivity contribution in [2.75, 3.05) is 24.5 Å². The van der Waals surface area contributed by atoms with Gasteiger partial charge in [0.1, 0.15) is 0 Å². The number of rotatable bonds is 7. The van der Waals surface area contributed by atoms with Gasteiger partial charge in [-0.25, -0.2) is 4.39 Å². The van der Waals surface area contributed by atoms with Gasteiger partial charge >= 0.3 is 7.60 Å². The van der Waals surface area contributed by atoms with Crippen LogP contribution >= 0.6 is 30.8 Å². The SMILES string of the molecule is CCOP(=O)(CCCl)OC(F)CCl. The molecule has 0 aliphatic rings. The molecule has 13 heavy (non-hydrogen) atoms. The zero-order valence-electron chi connectivity index (χ0n) is 7.21. The number of alkyl halides is 3. The third kappa shape index (κ3) is 5.87. The molecular formula is C6H12Cl2FO3P. The Balaban J connectivity index is 4.14. The largest absolute Gasteiger partial charge is 0.334 e. The zero-order chi connectivity index (χ0) is 10.3.